The number of hydrogen-bond acceptors (Lipinski definition) is 6. The molecule has 0 radical (unpaired) electrons. The molecule has 0 spiro atoms. The molecular formula is C50H51NO6. The lowest BCUT2D eigenvalue weighted by molar-refractivity contribution is 0.0474. The third-order valence-corrected chi connectivity index (χ3v) is 11.8. The van der Waals surface area contributed by atoms with Crippen molar-refractivity contribution in [2.45, 2.75) is 97.4 Å². The van der Waals surface area contributed by atoms with Gasteiger partial charge in [-0.1, -0.05) is 90.1 Å². The Bertz CT molecular complexity index is 2410. The zero-order valence-corrected chi connectivity index (χ0v) is 34.2. The number of carbonyl (C=O) groups excluding carboxylic acids is 4. The zero-order valence-electron chi connectivity index (χ0n) is 34.2. The van der Waals surface area contributed by atoms with Crippen LogP contribution in [0.1, 0.15) is 138 Å². The van der Waals surface area contributed by atoms with E-state index < -0.39 is 11.0 Å². The normalized spacial score (nSPS) is 15.8. The summed E-state index contributed by atoms with van der Waals surface area (Å²) < 4.78 is 12.6. The maximum atomic E-state index is 13.8. The fourth-order valence-corrected chi connectivity index (χ4v) is 7.77. The Hall–Kier alpha value is -5.82. The van der Waals surface area contributed by atoms with E-state index in [1.54, 1.807) is 36.4 Å². The number of hydrogen-bond donors (Lipinski definition) is 0. The topological polar surface area (TPSA) is 90.0 Å². The van der Waals surface area contributed by atoms with Gasteiger partial charge in [-0.25, -0.2) is 0 Å². The molecule has 1 aliphatic heterocycles. The second-order valence-electron chi connectivity index (χ2n) is 17.6. The van der Waals surface area contributed by atoms with Crippen LogP contribution in [-0.4, -0.2) is 33.8 Å². The van der Waals surface area contributed by atoms with Gasteiger partial charge in [0.15, 0.2) is 11.6 Å². The van der Waals surface area contributed by atoms with E-state index in [4.69, 9.17) is 9.47 Å². The van der Waals surface area contributed by atoms with Gasteiger partial charge in [0.25, 0.3) is 11.8 Å². The van der Waals surface area contributed by atoms with Crippen LogP contribution in [0, 0.1) is 5.92 Å². The summed E-state index contributed by atoms with van der Waals surface area (Å²) in [7, 11) is 0. The fourth-order valence-electron chi connectivity index (χ4n) is 7.77. The van der Waals surface area contributed by atoms with Crippen molar-refractivity contribution in [3.05, 3.63) is 154 Å². The van der Waals surface area contributed by atoms with Gasteiger partial charge in [-0.15, -0.1) is 0 Å². The van der Waals surface area contributed by atoms with Crippen LogP contribution in [0.15, 0.2) is 109 Å². The maximum Gasteiger partial charge on any atom is 0.262 e. The van der Waals surface area contributed by atoms with Crippen molar-refractivity contribution in [1.29, 1.82) is 0 Å². The number of ketones is 2. The highest BCUT2D eigenvalue weighted by Gasteiger charge is 2.43. The van der Waals surface area contributed by atoms with Crippen LogP contribution in [0.4, 0.5) is 0 Å². The number of imide groups is 1. The Morgan fingerprint density at radius 1 is 0.579 bits per heavy atom. The van der Waals surface area contributed by atoms with E-state index in [1.807, 2.05) is 69.3 Å². The highest BCUT2D eigenvalue weighted by molar-refractivity contribution is 6.22. The van der Waals surface area contributed by atoms with Crippen molar-refractivity contribution >= 4 is 23.4 Å². The molecule has 1 aliphatic carbocycles. The zero-order chi connectivity index (χ0) is 40.9. The largest absolute Gasteiger partial charge is 0.457 e. The molecule has 292 valence electrons. The second kappa shape index (κ2) is 14.9. The maximum absolute atomic E-state index is 13.8. The van der Waals surface area contributed by atoms with Gasteiger partial charge < -0.3 is 9.47 Å². The molecule has 57 heavy (non-hydrogen) atoms. The van der Waals surface area contributed by atoms with Gasteiger partial charge in [-0.2, -0.15) is 0 Å². The first-order valence-corrected chi connectivity index (χ1v) is 19.9. The van der Waals surface area contributed by atoms with E-state index in [0.29, 0.717) is 58.1 Å². The molecule has 5 aromatic rings. The molecule has 5 aromatic carbocycles. The highest BCUT2D eigenvalue weighted by atomic mass is 16.5. The summed E-state index contributed by atoms with van der Waals surface area (Å²) in [6, 6.07) is 34.4. The minimum absolute atomic E-state index is 0.0121. The molecule has 0 saturated carbocycles. The Morgan fingerprint density at radius 2 is 1.11 bits per heavy atom. The van der Waals surface area contributed by atoms with Gasteiger partial charge >= 0.3 is 0 Å². The smallest absolute Gasteiger partial charge is 0.262 e. The van der Waals surface area contributed by atoms with E-state index in [-0.39, 0.29) is 41.1 Å². The predicted molar refractivity (Wildman–Crippen MR) is 223 cm³/mol. The molecule has 1 atom stereocenters. The van der Waals surface area contributed by atoms with Gasteiger partial charge in [-0.05, 0) is 121 Å². The van der Waals surface area contributed by atoms with Crippen LogP contribution in [0.3, 0.4) is 0 Å². The van der Waals surface area contributed by atoms with E-state index in [1.165, 1.54) is 16.0 Å². The Labute approximate surface area is 336 Å². The van der Waals surface area contributed by atoms with Gasteiger partial charge in [0.2, 0.25) is 0 Å². The molecule has 2 aliphatic rings. The minimum atomic E-state index is -0.597. The molecule has 7 nitrogen and oxygen atoms in total. The van der Waals surface area contributed by atoms with Crippen molar-refractivity contribution < 1.29 is 28.7 Å². The number of amides is 2. The van der Waals surface area contributed by atoms with Crippen LogP contribution in [0.2, 0.25) is 0 Å². The number of benzene rings is 5. The number of ether oxygens (including phenoxy) is 2. The predicted octanol–water partition coefficient (Wildman–Crippen LogP) is 11.7. The SMILES string of the molecule is CCC(C)(C)N1C(=O)c2ccc(Oc3cccc(C(C)(C)c4cccc(Oc5ccc6c(c5)C(=O)C(CCc5cccc(C(C)(C)C)c5)CC6=O)c4)c3)cc2C1=O. The molecule has 0 saturated heterocycles. The highest BCUT2D eigenvalue weighted by Crippen LogP contribution is 2.39. The molecule has 0 N–H and O–H groups in total. The third kappa shape index (κ3) is 7.80. The molecule has 7 rings (SSSR count). The molecular weight excluding hydrogens is 711 g/mol. The lowest BCUT2D eigenvalue weighted by Crippen LogP contribution is -2.47. The van der Waals surface area contributed by atoms with Crippen LogP contribution < -0.4 is 9.47 Å². The summed E-state index contributed by atoms with van der Waals surface area (Å²) in [5.41, 5.74) is 5.00. The number of aryl methyl sites for hydroxylation is 1. The lowest BCUT2D eigenvalue weighted by atomic mass is 9.78. The average Bonchev–Trinajstić information content (AvgIpc) is 3.44. The summed E-state index contributed by atoms with van der Waals surface area (Å²) in [6.07, 6.45) is 2.20. The van der Waals surface area contributed by atoms with E-state index >= 15 is 0 Å². The van der Waals surface area contributed by atoms with Crippen LogP contribution in [0.25, 0.3) is 0 Å². The van der Waals surface area contributed by atoms with Crippen LogP contribution in [0.5, 0.6) is 23.0 Å². The van der Waals surface area contributed by atoms with Crippen molar-refractivity contribution in [2.24, 2.45) is 5.92 Å². The Balaban J connectivity index is 1.06. The first kappa shape index (κ1) is 39.4. The molecule has 2 amide bonds. The standard InChI is InChI=1S/C50H51NO6/c1-9-49(5,6)51-46(54)41-24-22-39(30-43(41)47(51)55)57-37-18-12-16-35(28-37)50(7,8)34-15-11-17-36(27-34)56-38-21-23-40-42(29-38)45(53)32(26-44(40)52)20-19-31-13-10-14-33(25-31)48(2,3)4/h10-18,21-25,27-30,32H,9,19-20,26H2,1-8H3. The first-order valence-electron chi connectivity index (χ1n) is 19.9. The number of Topliss-reactive ketones (excluding diaryl/α,β-unsaturated/α-hetero) is 2. The van der Waals surface area contributed by atoms with Gasteiger partial charge in [-0.3, -0.25) is 24.1 Å². The summed E-state index contributed by atoms with van der Waals surface area (Å²) in [5.74, 6) is 1.18. The average molecular weight is 762 g/mol. The van der Waals surface area contributed by atoms with Crippen molar-refractivity contribution in [3.8, 4) is 23.0 Å². The summed E-state index contributed by atoms with van der Waals surface area (Å²) in [4.78, 5) is 54.8. The summed E-state index contributed by atoms with van der Waals surface area (Å²) >= 11 is 0. The third-order valence-electron chi connectivity index (χ3n) is 11.8. The van der Waals surface area contributed by atoms with Crippen LogP contribution >= 0.6 is 0 Å². The molecule has 7 heteroatoms. The van der Waals surface area contributed by atoms with E-state index in [9.17, 15) is 19.2 Å². The summed E-state index contributed by atoms with van der Waals surface area (Å²) in [5, 5.41) is 0. The van der Waals surface area contributed by atoms with E-state index in [0.717, 1.165) is 17.5 Å². The molecule has 1 heterocycles. The van der Waals surface area contributed by atoms with Crippen molar-refractivity contribution in [1.82, 2.24) is 4.90 Å². The van der Waals surface area contributed by atoms with Crippen molar-refractivity contribution in [3.63, 3.8) is 0 Å². The van der Waals surface area contributed by atoms with Crippen LogP contribution in [-0.2, 0) is 17.3 Å². The number of nitrogens with zero attached hydrogens (tertiary/aromatic N) is 1. The number of rotatable bonds is 11. The van der Waals surface area contributed by atoms with Crippen molar-refractivity contribution in [2.75, 3.05) is 0 Å². The molecule has 0 bridgehead atoms. The summed E-state index contributed by atoms with van der Waals surface area (Å²) in [6.45, 7) is 16.6. The number of carbonyl (C=O) groups is 4. The van der Waals surface area contributed by atoms with Gasteiger partial charge in [0, 0.05) is 34.4 Å². The fraction of sp³-hybridized carbons (Fsp3) is 0.320. The van der Waals surface area contributed by atoms with Gasteiger partial charge in [0.1, 0.15) is 23.0 Å². The minimum Gasteiger partial charge on any atom is -0.457 e. The Kier molecular flexibility index (Phi) is 10.3. The first-order chi connectivity index (χ1) is 27.0. The second-order valence-corrected chi connectivity index (χ2v) is 17.6. The lowest BCUT2D eigenvalue weighted by Gasteiger charge is -2.32. The molecule has 0 fully saturated rings. The molecule has 0 aromatic heterocycles. The molecule has 1 unspecified atom stereocenters. The van der Waals surface area contributed by atoms with E-state index in [2.05, 4.69) is 58.9 Å². The Morgan fingerprint density at radius 3 is 1.70 bits per heavy atom. The number of fused-ring (bicyclic) bond motifs is 2. The van der Waals surface area contributed by atoms with Gasteiger partial charge in [0.05, 0.1) is 11.1 Å². The monoisotopic (exact) mass is 761 g/mol. The quantitative estimate of drug-likeness (QED) is 0.125.